The molecule has 0 radical (unpaired) electrons. The average molecular weight is 250 g/mol. The Morgan fingerprint density at radius 2 is 2.22 bits per heavy atom. The van der Waals surface area contributed by atoms with Crippen LogP contribution in [-0.2, 0) is 11.3 Å². The molecule has 1 amide bonds. The molecule has 2 rings (SSSR count). The average Bonchev–Trinajstić information content (AvgIpc) is 2.71. The number of likely N-dealkylation sites (tertiary alicyclic amines) is 1. The molecule has 0 aromatic heterocycles. The zero-order chi connectivity index (χ0) is 13.1. The number of nitrogens with zero attached hydrogens (tertiary/aromatic N) is 1. The number of amides is 1. The second kappa shape index (κ2) is 5.27. The summed E-state index contributed by atoms with van der Waals surface area (Å²) in [6.07, 6.45) is 0.296. The number of nitrogens with two attached hydrogens (primary N) is 1. The lowest BCUT2D eigenvalue weighted by atomic mass is 10.2. The topological polar surface area (TPSA) is 64.8 Å². The Bertz CT molecular complexity index is 448. The van der Waals surface area contributed by atoms with Gasteiger partial charge in [0.1, 0.15) is 0 Å². The van der Waals surface area contributed by atoms with Crippen LogP contribution in [0.3, 0.4) is 0 Å². The molecule has 5 nitrogen and oxygen atoms in total. The summed E-state index contributed by atoms with van der Waals surface area (Å²) >= 11 is 0. The van der Waals surface area contributed by atoms with Crippen molar-refractivity contribution >= 4 is 5.91 Å². The number of ether oxygens (including phenoxy) is 2. The van der Waals surface area contributed by atoms with Crippen LogP contribution in [0.25, 0.3) is 0 Å². The minimum Gasteiger partial charge on any atom is -0.493 e. The fraction of sp³-hybridized carbons (Fsp3) is 0.462. The van der Waals surface area contributed by atoms with E-state index in [0.29, 0.717) is 24.5 Å². The molecule has 0 spiro atoms. The predicted octanol–water partition coefficient (Wildman–Crippen LogP) is 0.763. The van der Waals surface area contributed by atoms with E-state index in [4.69, 9.17) is 15.2 Å². The zero-order valence-electron chi connectivity index (χ0n) is 10.7. The Labute approximate surface area is 106 Å². The molecule has 1 fully saturated rings. The second-order valence-electron chi connectivity index (χ2n) is 4.34. The molecule has 1 saturated heterocycles. The lowest BCUT2D eigenvalue weighted by Crippen LogP contribution is -2.29. The van der Waals surface area contributed by atoms with Crippen molar-refractivity contribution in [2.24, 2.45) is 5.73 Å². The van der Waals surface area contributed by atoms with Crippen LogP contribution < -0.4 is 15.2 Å². The highest BCUT2D eigenvalue weighted by molar-refractivity contribution is 5.83. The van der Waals surface area contributed by atoms with Crippen LogP contribution in [0.5, 0.6) is 11.5 Å². The Morgan fingerprint density at radius 3 is 2.78 bits per heavy atom. The number of carbonyl (C=O) groups is 1. The quantitative estimate of drug-likeness (QED) is 0.857. The van der Waals surface area contributed by atoms with E-state index in [-0.39, 0.29) is 5.91 Å². The van der Waals surface area contributed by atoms with E-state index in [2.05, 4.69) is 0 Å². The van der Waals surface area contributed by atoms with E-state index in [0.717, 1.165) is 12.1 Å². The highest BCUT2D eigenvalue weighted by Gasteiger charge is 2.31. The maximum atomic E-state index is 11.8. The fourth-order valence-corrected chi connectivity index (χ4v) is 1.99. The van der Waals surface area contributed by atoms with Crippen molar-refractivity contribution in [2.45, 2.75) is 19.1 Å². The first-order chi connectivity index (χ1) is 8.65. The molecule has 1 aromatic carbocycles. The molecule has 1 aliphatic rings. The van der Waals surface area contributed by atoms with Gasteiger partial charge in [-0.05, 0) is 17.7 Å². The molecular weight excluding hydrogens is 232 g/mol. The van der Waals surface area contributed by atoms with Crippen molar-refractivity contribution in [3.8, 4) is 11.5 Å². The molecule has 0 bridgehead atoms. The van der Waals surface area contributed by atoms with Crippen molar-refractivity contribution in [3.63, 3.8) is 0 Å². The Balaban J connectivity index is 2.16. The minimum atomic E-state index is -0.410. The van der Waals surface area contributed by atoms with E-state index >= 15 is 0 Å². The van der Waals surface area contributed by atoms with Crippen LogP contribution in [0.1, 0.15) is 12.0 Å². The van der Waals surface area contributed by atoms with E-state index < -0.39 is 6.10 Å². The molecule has 1 aliphatic heterocycles. The summed E-state index contributed by atoms with van der Waals surface area (Å²) in [7, 11) is 3.35. The predicted molar refractivity (Wildman–Crippen MR) is 67.6 cm³/mol. The van der Waals surface area contributed by atoms with Crippen LogP contribution in [-0.4, -0.2) is 37.6 Å². The van der Waals surface area contributed by atoms with Gasteiger partial charge in [-0.1, -0.05) is 6.07 Å². The molecule has 98 valence electrons. The third-order valence-corrected chi connectivity index (χ3v) is 3.11. The summed E-state index contributed by atoms with van der Waals surface area (Å²) in [5.74, 6) is 1.21. The minimum absolute atomic E-state index is 0.0138. The third-order valence-electron chi connectivity index (χ3n) is 3.11. The van der Waals surface area contributed by atoms with E-state index in [1.165, 1.54) is 0 Å². The molecule has 1 heterocycles. The Hall–Kier alpha value is -1.75. The van der Waals surface area contributed by atoms with Gasteiger partial charge < -0.3 is 20.1 Å². The Kier molecular flexibility index (Phi) is 3.72. The molecule has 5 heteroatoms. The molecule has 1 atom stereocenters. The van der Waals surface area contributed by atoms with Gasteiger partial charge in [0, 0.05) is 26.6 Å². The zero-order valence-corrected chi connectivity index (χ0v) is 10.7. The molecule has 0 aliphatic carbocycles. The molecule has 1 aromatic rings. The third kappa shape index (κ3) is 2.41. The van der Waals surface area contributed by atoms with Crippen molar-refractivity contribution in [2.75, 3.05) is 20.7 Å². The second-order valence-corrected chi connectivity index (χ2v) is 4.34. The summed E-state index contributed by atoms with van der Waals surface area (Å²) in [6.45, 7) is 1.18. The maximum absolute atomic E-state index is 11.8. The molecule has 18 heavy (non-hydrogen) atoms. The van der Waals surface area contributed by atoms with Crippen molar-refractivity contribution < 1.29 is 14.3 Å². The normalized spacial score (nSPS) is 19.2. The smallest absolute Gasteiger partial charge is 0.263 e. The summed E-state index contributed by atoms with van der Waals surface area (Å²) in [4.78, 5) is 13.4. The summed E-state index contributed by atoms with van der Waals surface area (Å²) in [5, 5.41) is 0. The SMILES string of the molecule is COc1cc(CN)ccc1OC1CCN(C)C1=O. The maximum Gasteiger partial charge on any atom is 0.263 e. The summed E-state index contributed by atoms with van der Waals surface area (Å²) < 4.78 is 11.0. The molecule has 1 unspecified atom stereocenters. The van der Waals surface area contributed by atoms with Crippen LogP contribution in [0.15, 0.2) is 18.2 Å². The van der Waals surface area contributed by atoms with Crippen LogP contribution in [0.4, 0.5) is 0 Å². The van der Waals surface area contributed by atoms with Gasteiger partial charge in [0.25, 0.3) is 5.91 Å². The van der Waals surface area contributed by atoms with Gasteiger partial charge in [0.2, 0.25) is 0 Å². The van der Waals surface area contributed by atoms with Crippen LogP contribution in [0.2, 0.25) is 0 Å². The van der Waals surface area contributed by atoms with E-state index in [1.807, 2.05) is 12.1 Å². The van der Waals surface area contributed by atoms with Gasteiger partial charge >= 0.3 is 0 Å². The first kappa shape index (κ1) is 12.7. The lowest BCUT2D eigenvalue weighted by molar-refractivity contribution is -0.132. The highest BCUT2D eigenvalue weighted by Crippen LogP contribution is 2.30. The monoisotopic (exact) mass is 250 g/mol. The number of rotatable bonds is 4. The van der Waals surface area contributed by atoms with Gasteiger partial charge in [0.15, 0.2) is 17.6 Å². The van der Waals surface area contributed by atoms with Crippen LogP contribution in [0, 0.1) is 0 Å². The highest BCUT2D eigenvalue weighted by atomic mass is 16.5. The first-order valence-corrected chi connectivity index (χ1v) is 5.94. The van der Waals surface area contributed by atoms with Crippen LogP contribution >= 0.6 is 0 Å². The Morgan fingerprint density at radius 1 is 1.44 bits per heavy atom. The van der Waals surface area contributed by atoms with Crippen molar-refractivity contribution in [3.05, 3.63) is 23.8 Å². The molecule has 0 saturated carbocycles. The van der Waals surface area contributed by atoms with E-state index in [1.54, 1.807) is 25.1 Å². The molecular formula is C13H18N2O3. The summed E-state index contributed by atoms with van der Waals surface area (Å²) in [6, 6.07) is 5.51. The number of methoxy groups -OCH3 is 1. The van der Waals surface area contributed by atoms with Gasteiger partial charge in [-0.15, -0.1) is 0 Å². The number of benzene rings is 1. The number of hydrogen-bond acceptors (Lipinski definition) is 4. The van der Waals surface area contributed by atoms with Gasteiger partial charge in [-0.25, -0.2) is 0 Å². The number of carbonyl (C=O) groups excluding carboxylic acids is 1. The molecule has 2 N–H and O–H groups in total. The van der Waals surface area contributed by atoms with E-state index in [9.17, 15) is 4.79 Å². The lowest BCUT2D eigenvalue weighted by Gasteiger charge is -2.16. The largest absolute Gasteiger partial charge is 0.493 e. The van der Waals surface area contributed by atoms with Crippen molar-refractivity contribution in [1.82, 2.24) is 4.90 Å². The number of likely N-dealkylation sites (N-methyl/N-ethyl adjacent to an activating group) is 1. The van der Waals surface area contributed by atoms with Gasteiger partial charge in [-0.2, -0.15) is 0 Å². The summed E-state index contributed by atoms with van der Waals surface area (Å²) in [5.41, 5.74) is 6.54. The standard InChI is InChI=1S/C13H18N2O3/c1-15-6-5-11(13(15)16)18-10-4-3-9(8-14)7-12(10)17-2/h3-4,7,11H,5-6,8,14H2,1-2H3. The fourth-order valence-electron chi connectivity index (χ4n) is 1.99. The van der Waals surface area contributed by atoms with Crippen molar-refractivity contribution in [1.29, 1.82) is 0 Å². The van der Waals surface area contributed by atoms with Gasteiger partial charge in [-0.3, -0.25) is 4.79 Å². The number of hydrogen-bond donors (Lipinski definition) is 1. The van der Waals surface area contributed by atoms with Gasteiger partial charge in [0.05, 0.1) is 7.11 Å². The first-order valence-electron chi connectivity index (χ1n) is 5.94.